The second-order valence-electron chi connectivity index (χ2n) is 4.64. The Balaban J connectivity index is 2.21. The van der Waals surface area contributed by atoms with Gasteiger partial charge in [0.25, 0.3) is 5.91 Å². The molecule has 110 valence electrons. The van der Waals surface area contributed by atoms with Crippen molar-refractivity contribution in [2.45, 2.75) is 6.54 Å². The van der Waals surface area contributed by atoms with Crippen LogP contribution in [0.1, 0.15) is 15.9 Å². The van der Waals surface area contributed by atoms with Crippen molar-refractivity contribution in [3.8, 4) is 0 Å². The molecule has 0 aliphatic rings. The van der Waals surface area contributed by atoms with Crippen LogP contribution >= 0.6 is 34.8 Å². The first-order chi connectivity index (χ1) is 9.88. The normalized spacial score (nSPS) is 10.5. The number of halogens is 3. The highest BCUT2D eigenvalue weighted by Crippen LogP contribution is 2.24. The van der Waals surface area contributed by atoms with E-state index < -0.39 is 0 Å². The number of para-hydroxylation sites is 1. The molecule has 3 nitrogen and oxygen atoms in total. The van der Waals surface area contributed by atoms with E-state index >= 15 is 0 Å². The molecule has 0 aromatic heterocycles. The Morgan fingerprint density at radius 1 is 1.14 bits per heavy atom. The molecule has 2 aromatic rings. The highest BCUT2D eigenvalue weighted by molar-refractivity contribution is 6.34. The van der Waals surface area contributed by atoms with Gasteiger partial charge in [-0.05, 0) is 35.9 Å². The number of hydrogen-bond donors (Lipinski definition) is 1. The SMILES string of the molecule is CN(Cc1cc(Cl)cc(Cl)c1)C(=O)c1cccc(Cl)c1N. The maximum Gasteiger partial charge on any atom is 0.256 e. The molecule has 0 radical (unpaired) electrons. The van der Waals surface area contributed by atoms with Gasteiger partial charge in [0.15, 0.2) is 0 Å². The first-order valence-corrected chi connectivity index (χ1v) is 7.26. The Hall–Kier alpha value is -1.42. The van der Waals surface area contributed by atoms with Gasteiger partial charge in [-0.1, -0.05) is 40.9 Å². The fraction of sp³-hybridized carbons (Fsp3) is 0.133. The molecule has 0 saturated carbocycles. The molecule has 0 fully saturated rings. The first-order valence-electron chi connectivity index (χ1n) is 6.13. The number of rotatable bonds is 3. The summed E-state index contributed by atoms with van der Waals surface area (Å²) in [5, 5.41) is 1.42. The summed E-state index contributed by atoms with van der Waals surface area (Å²) in [6, 6.07) is 10.1. The first kappa shape index (κ1) is 16.0. The summed E-state index contributed by atoms with van der Waals surface area (Å²) in [6.45, 7) is 0.366. The molecule has 21 heavy (non-hydrogen) atoms. The second-order valence-corrected chi connectivity index (χ2v) is 5.92. The van der Waals surface area contributed by atoms with E-state index in [2.05, 4.69) is 0 Å². The molecular weight excluding hydrogens is 331 g/mol. The Labute approximate surface area is 138 Å². The molecule has 6 heteroatoms. The average Bonchev–Trinajstić information content (AvgIpc) is 2.40. The number of hydrogen-bond acceptors (Lipinski definition) is 2. The van der Waals surface area contributed by atoms with Crippen molar-refractivity contribution in [1.29, 1.82) is 0 Å². The summed E-state index contributed by atoms with van der Waals surface area (Å²) in [4.78, 5) is 13.9. The summed E-state index contributed by atoms with van der Waals surface area (Å²) in [5.41, 5.74) is 7.33. The van der Waals surface area contributed by atoms with Crippen LogP contribution in [0.5, 0.6) is 0 Å². The van der Waals surface area contributed by atoms with E-state index in [1.54, 1.807) is 43.4 Å². The number of carbonyl (C=O) groups is 1. The van der Waals surface area contributed by atoms with Gasteiger partial charge in [-0.2, -0.15) is 0 Å². The molecule has 0 unspecified atom stereocenters. The third-order valence-electron chi connectivity index (χ3n) is 2.97. The van der Waals surface area contributed by atoms with Crippen LogP contribution in [0.4, 0.5) is 5.69 Å². The zero-order chi connectivity index (χ0) is 15.6. The van der Waals surface area contributed by atoms with Gasteiger partial charge in [0.2, 0.25) is 0 Å². The molecule has 0 heterocycles. The molecule has 0 bridgehead atoms. The minimum atomic E-state index is -0.217. The third kappa shape index (κ3) is 3.82. The minimum Gasteiger partial charge on any atom is -0.397 e. The van der Waals surface area contributed by atoms with Crippen molar-refractivity contribution in [3.05, 3.63) is 62.6 Å². The maximum atomic E-state index is 12.4. The molecule has 0 atom stereocenters. The summed E-state index contributed by atoms with van der Waals surface area (Å²) in [7, 11) is 1.68. The minimum absolute atomic E-state index is 0.217. The van der Waals surface area contributed by atoms with Gasteiger partial charge in [-0.15, -0.1) is 0 Å². The highest BCUT2D eigenvalue weighted by atomic mass is 35.5. The average molecular weight is 344 g/mol. The van der Waals surface area contributed by atoms with Gasteiger partial charge in [-0.25, -0.2) is 0 Å². The number of nitrogens with two attached hydrogens (primary N) is 1. The Bertz CT molecular complexity index is 668. The number of nitrogens with zero attached hydrogens (tertiary/aromatic N) is 1. The predicted octanol–water partition coefficient (Wildman–Crippen LogP) is 4.50. The molecular formula is C15H13Cl3N2O. The molecule has 0 aliphatic carbocycles. The Morgan fingerprint density at radius 3 is 2.38 bits per heavy atom. The van der Waals surface area contributed by atoms with E-state index in [1.807, 2.05) is 0 Å². The van der Waals surface area contributed by atoms with Gasteiger partial charge in [-0.3, -0.25) is 4.79 Å². The maximum absolute atomic E-state index is 12.4. The summed E-state index contributed by atoms with van der Waals surface area (Å²) in [5.74, 6) is -0.217. The molecule has 2 rings (SSSR count). The van der Waals surface area contributed by atoms with Crippen molar-refractivity contribution in [2.24, 2.45) is 0 Å². The topological polar surface area (TPSA) is 46.3 Å². The van der Waals surface area contributed by atoms with E-state index in [0.717, 1.165) is 5.56 Å². The van der Waals surface area contributed by atoms with Crippen molar-refractivity contribution < 1.29 is 4.79 Å². The molecule has 2 N–H and O–H groups in total. The van der Waals surface area contributed by atoms with Crippen molar-refractivity contribution in [2.75, 3.05) is 12.8 Å². The zero-order valence-corrected chi connectivity index (χ0v) is 13.5. The number of benzene rings is 2. The molecule has 0 aliphatic heterocycles. The van der Waals surface area contributed by atoms with Crippen molar-refractivity contribution >= 4 is 46.4 Å². The second kappa shape index (κ2) is 6.56. The third-order valence-corrected chi connectivity index (χ3v) is 3.74. The quantitative estimate of drug-likeness (QED) is 0.834. The lowest BCUT2D eigenvalue weighted by Gasteiger charge is -2.19. The molecule has 1 amide bonds. The molecule has 2 aromatic carbocycles. The predicted molar refractivity (Wildman–Crippen MR) is 88.1 cm³/mol. The Morgan fingerprint density at radius 2 is 1.76 bits per heavy atom. The van der Waals surface area contributed by atoms with Crippen LogP contribution in [0.2, 0.25) is 15.1 Å². The zero-order valence-electron chi connectivity index (χ0n) is 11.2. The van der Waals surface area contributed by atoms with E-state index in [0.29, 0.717) is 27.2 Å². The largest absolute Gasteiger partial charge is 0.397 e. The van der Waals surface area contributed by atoms with E-state index in [4.69, 9.17) is 40.5 Å². The molecule has 0 saturated heterocycles. The van der Waals surface area contributed by atoms with Crippen molar-refractivity contribution in [1.82, 2.24) is 4.90 Å². The molecule has 0 spiro atoms. The summed E-state index contributed by atoms with van der Waals surface area (Å²) in [6.07, 6.45) is 0. The van der Waals surface area contributed by atoms with E-state index in [-0.39, 0.29) is 11.6 Å². The van der Waals surface area contributed by atoms with Crippen LogP contribution < -0.4 is 5.73 Å². The summed E-state index contributed by atoms with van der Waals surface area (Å²) < 4.78 is 0. The monoisotopic (exact) mass is 342 g/mol. The van der Waals surface area contributed by atoms with Gasteiger partial charge in [0.05, 0.1) is 16.3 Å². The van der Waals surface area contributed by atoms with E-state index in [9.17, 15) is 4.79 Å². The summed E-state index contributed by atoms with van der Waals surface area (Å²) >= 11 is 17.8. The Kier molecular flexibility index (Phi) is 4.99. The van der Waals surface area contributed by atoms with Crippen molar-refractivity contribution in [3.63, 3.8) is 0 Å². The van der Waals surface area contributed by atoms with Crippen LogP contribution in [0.15, 0.2) is 36.4 Å². The number of nitrogen functional groups attached to an aromatic ring is 1. The lowest BCUT2D eigenvalue weighted by Crippen LogP contribution is -2.27. The number of anilines is 1. The highest BCUT2D eigenvalue weighted by Gasteiger charge is 2.16. The number of amides is 1. The standard InChI is InChI=1S/C15H13Cl3N2O/c1-20(8-9-5-10(16)7-11(17)6-9)15(21)12-3-2-4-13(18)14(12)19/h2-7H,8,19H2,1H3. The lowest BCUT2D eigenvalue weighted by atomic mass is 10.1. The number of carbonyl (C=O) groups excluding carboxylic acids is 1. The van der Waals surface area contributed by atoms with Gasteiger partial charge in [0.1, 0.15) is 0 Å². The van der Waals surface area contributed by atoms with Gasteiger partial charge >= 0.3 is 0 Å². The van der Waals surface area contributed by atoms with E-state index in [1.165, 1.54) is 4.90 Å². The van der Waals surface area contributed by atoms with Gasteiger partial charge < -0.3 is 10.6 Å². The lowest BCUT2D eigenvalue weighted by molar-refractivity contribution is 0.0786. The van der Waals surface area contributed by atoms with Gasteiger partial charge in [0, 0.05) is 23.6 Å². The van der Waals surface area contributed by atoms with Crippen LogP contribution in [-0.4, -0.2) is 17.9 Å². The van der Waals surface area contributed by atoms with Crippen LogP contribution in [-0.2, 0) is 6.54 Å². The fourth-order valence-corrected chi connectivity index (χ4v) is 2.72. The van der Waals surface area contributed by atoms with Crippen LogP contribution in [0.25, 0.3) is 0 Å². The fourth-order valence-electron chi connectivity index (χ4n) is 1.98. The smallest absolute Gasteiger partial charge is 0.256 e. The van der Waals surface area contributed by atoms with Crippen LogP contribution in [0.3, 0.4) is 0 Å². The van der Waals surface area contributed by atoms with Crippen LogP contribution in [0, 0.1) is 0 Å².